The van der Waals surface area contributed by atoms with Crippen molar-refractivity contribution in [3.63, 3.8) is 0 Å². The summed E-state index contributed by atoms with van der Waals surface area (Å²) < 4.78 is 13.0. The van der Waals surface area contributed by atoms with Crippen molar-refractivity contribution in [2.45, 2.75) is 25.7 Å². The molecule has 0 saturated heterocycles. The van der Waals surface area contributed by atoms with E-state index in [1.165, 1.54) is 43.9 Å². The van der Waals surface area contributed by atoms with Crippen molar-refractivity contribution in [2.24, 2.45) is 5.92 Å². The van der Waals surface area contributed by atoms with Gasteiger partial charge in [0.05, 0.1) is 11.4 Å². The van der Waals surface area contributed by atoms with E-state index in [4.69, 9.17) is 5.73 Å². The maximum atomic E-state index is 13.0. The van der Waals surface area contributed by atoms with Gasteiger partial charge in [0.2, 0.25) is 5.91 Å². The molecule has 1 saturated carbocycles. The van der Waals surface area contributed by atoms with Crippen LogP contribution in [0, 0.1) is 11.7 Å². The van der Waals surface area contributed by atoms with Crippen LogP contribution in [0.4, 0.5) is 15.8 Å². The van der Waals surface area contributed by atoms with Crippen LogP contribution in [0.1, 0.15) is 25.7 Å². The van der Waals surface area contributed by atoms with Gasteiger partial charge in [0, 0.05) is 5.69 Å². The molecule has 1 aromatic carbocycles. The molecule has 1 fully saturated rings. The number of nitrogens with one attached hydrogen (secondary N) is 1. The van der Waals surface area contributed by atoms with Crippen molar-refractivity contribution in [3.05, 3.63) is 24.0 Å². The monoisotopic (exact) mass is 282 g/mol. The SMILES string of the molecule is Nc1cc(NC(=O)CSCC2CCCC2)ccc1F. The van der Waals surface area contributed by atoms with Crippen LogP contribution in [0.25, 0.3) is 0 Å². The lowest BCUT2D eigenvalue weighted by molar-refractivity contribution is -0.113. The number of thioether (sulfide) groups is 1. The number of nitrogens with two attached hydrogens (primary N) is 1. The minimum Gasteiger partial charge on any atom is -0.396 e. The Hall–Kier alpha value is -1.23. The first kappa shape index (κ1) is 14.2. The number of carbonyl (C=O) groups excluding carboxylic acids is 1. The summed E-state index contributed by atoms with van der Waals surface area (Å²) in [6, 6.07) is 4.22. The largest absolute Gasteiger partial charge is 0.396 e. The second-order valence-electron chi connectivity index (χ2n) is 4.95. The fraction of sp³-hybridized carbons (Fsp3) is 0.500. The lowest BCUT2D eigenvalue weighted by Gasteiger charge is -2.09. The third kappa shape index (κ3) is 4.42. The third-order valence-corrected chi connectivity index (χ3v) is 4.51. The Kier molecular flexibility index (Phi) is 5.07. The number of nitrogen functional groups attached to an aromatic ring is 1. The molecule has 0 unspecified atom stereocenters. The molecule has 0 heterocycles. The first-order valence-corrected chi connectivity index (χ1v) is 7.73. The molecular formula is C14H19FN2OS. The molecule has 5 heteroatoms. The molecule has 0 aliphatic heterocycles. The Morgan fingerprint density at radius 3 is 2.84 bits per heavy atom. The summed E-state index contributed by atoms with van der Waals surface area (Å²) in [5.41, 5.74) is 6.05. The Balaban J connectivity index is 1.72. The number of rotatable bonds is 5. The van der Waals surface area contributed by atoms with Gasteiger partial charge in [0.15, 0.2) is 0 Å². The smallest absolute Gasteiger partial charge is 0.234 e. The van der Waals surface area contributed by atoms with Crippen LogP contribution in [0.2, 0.25) is 0 Å². The van der Waals surface area contributed by atoms with Gasteiger partial charge in [-0.05, 0) is 42.7 Å². The zero-order chi connectivity index (χ0) is 13.7. The molecule has 1 amide bonds. The minimum absolute atomic E-state index is 0.0522. The van der Waals surface area contributed by atoms with Crippen LogP contribution in [0.3, 0.4) is 0 Å². The first-order valence-electron chi connectivity index (χ1n) is 6.58. The number of amides is 1. The maximum absolute atomic E-state index is 13.0. The van der Waals surface area contributed by atoms with E-state index in [0.29, 0.717) is 11.4 Å². The molecule has 104 valence electrons. The van der Waals surface area contributed by atoms with Crippen molar-refractivity contribution in [2.75, 3.05) is 22.6 Å². The summed E-state index contributed by atoms with van der Waals surface area (Å²) in [5.74, 6) is 1.74. The third-order valence-electron chi connectivity index (χ3n) is 3.34. The molecule has 0 bridgehead atoms. The van der Waals surface area contributed by atoms with E-state index >= 15 is 0 Å². The van der Waals surface area contributed by atoms with E-state index in [1.807, 2.05) is 0 Å². The molecule has 0 aromatic heterocycles. The summed E-state index contributed by atoms with van der Waals surface area (Å²) >= 11 is 1.67. The van der Waals surface area contributed by atoms with Crippen molar-refractivity contribution < 1.29 is 9.18 Å². The lowest BCUT2D eigenvalue weighted by atomic mass is 10.1. The number of anilines is 2. The van der Waals surface area contributed by atoms with E-state index in [1.54, 1.807) is 11.8 Å². The standard InChI is InChI=1S/C14H19FN2OS/c15-12-6-5-11(7-13(12)16)17-14(18)9-19-8-10-3-1-2-4-10/h5-7,10H,1-4,8-9,16H2,(H,17,18). The number of hydrogen-bond acceptors (Lipinski definition) is 3. The van der Waals surface area contributed by atoms with E-state index in [9.17, 15) is 9.18 Å². The average Bonchev–Trinajstić information content (AvgIpc) is 2.87. The zero-order valence-corrected chi connectivity index (χ0v) is 11.6. The summed E-state index contributed by atoms with van der Waals surface area (Å²) in [7, 11) is 0. The van der Waals surface area contributed by atoms with Gasteiger partial charge in [-0.15, -0.1) is 0 Å². The van der Waals surface area contributed by atoms with Crippen LogP contribution < -0.4 is 11.1 Å². The second-order valence-corrected chi connectivity index (χ2v) is 5.98. The summed E-state index contributed by atoms with van der Waals surface area (Å²) in [6.45, 7) is 0. The molecule has 19 heavy (non-hydrogen) atoms. The van der Waals surface area contributed by atoms with E-state index < -0.39 is 5.82 Å². The Labute approximate surface area is 117 Å². The molecule has 0 spiro atoms. The highest BCUT2D eigenvalue weighted by Gasteiger charge is 2.15. The molecular weight excluding hydrogens is 263 g/mol. The van der Waals surface area contributed by atoms with Crippen LogP contribution in [0.5, 0.6) is 0 Å². The van der Waals surface area contributed by atoms with E-state index in [0.717, 1.165) is 11.7 Å². The van der Waals surface area contributed by atoms with Gasteiger partial charge < -0.3 is 11.1 Å². The Bertz CT molecular complexity index is 447. The fourth-order valence-electron chi connectivity index (χ4n) is 2.31. The summed E-state index contributed by atoms with van der Waals surface area (Å²) in [6.07, 6.45) is 5.24. The lowest BCUT2D eigenvalue weighted by Crippen LogP contribution is -2.15. The number of halogens is 1. The number of benzene rings is 1. The van der Waals surface area contributed by atoms with Crippen LogP contribution >= 0.6 is 11.8 Å². The average molecular weight is 282 g/mol. The van der Waals surface area contributed by atoms with Gasteiger partial charge in [0.1, 0.15) is 5.82 Å². The molecule has 3 N–H and O–H groups in total. The molecule has 1 aromatic rings. The predicted molar refractivity (Wildman–Crippen MR) is 78.7 cm³/mol. The molecule has 0 radical (unpaired) electrons. The predicted octanol–water partition coefficient (Wildman–Crippen LogP) is 3.27. The Morgan fingerprint density at radius 1 is 1.42 bits per heavy atom. The Morgan fingerprint density at radius 2 is 2.16 bits per heavy atom. The molecule has 1 aliphatic carbocycles. The molecule has 1 aliphatic rings. The van der Waals surface area contributed by atoms with Crippen molar-refractivity contribution >= 4 is 29.0 Å². The van der Waals surface area contributed by atoms with Gasteiger partial charge in [0.25, 0.3) is 0 Å². The highest BCUT2D eigenvalue weighted by atomic mass is 32.2. The maximum Gasteiger partial charge on any atom is 0.234 e. The van der Waals surface area contributed by atoms with Gasteiger partial charge >= 0.3 is 0 Å². The topological polar surface area (TPSA) is 55.1 Å². The van der Waals surface area contributed by atoms with Crippen molar-refractivity contribution in [1.82, 2.24) is 0 Å². The molecule has 0 atom stereocenters. The highest BCUT2D eigenvalue weighted by molar-refractivity contribution is 7.99. The van der Waals surface area contributed by atoms with E-state index in [-0.39, 0.29) is 11.6 Å². The van der Waals surface area contributed by atoms with Gasteiger partial charge in [-0.1, -0.05) is 12.8 Å². The van der Waals surface area contributed by atoms with Gasteiger partial charge in [-0.25, -0.2) is 4.39 Å². The van der Waals surface area contributed by atoms with Gasteiger partial charge in [-0.3, -0.25) is 4.79 Å². The quantitative estimate of drug-likeness (QED) is 0.815. The number of hydrogen-bond donors (Lipinski definition) is 2. The van der Waals surface area contributed by atoms with Crippen LogP contribution in [-0.4, -0.2) is 17.4 Å². The van der Waals surface area contributed by atoms with Gasteiger partial charge in [-0.2, -0.15) is 11.8 Å². The zero-order valence-electron chi connectivity index (χ0n) is 10.8. The van der Waals surface area contributed by atoms with Crippen molar-refractivity contribution in [1.29, 1.82) is 0 Å². The normalized spacial score (nSPS) is 15.6. The minimum atomic E-state index is -0.464. The first-order chi connectivity index (χ1) is 9.15. The van der Waals surface area contributed by atoms with E-state index in [2.05, 4.69) is 5.32 Å². The second kappa shape index (κ2) is 6.80. The van der Waals surface area contributed by atoms with Crippen molar-refractivity contribution in [3.8, 4) is 0 Å². The summed E-state index contributed by atoms with van der Waals surface area (Å²) in [5, 5.41) is 2.73. The molecule has 3 nitrogen and oxygen atoms in total. The van der Waals surface area contributed by atoms with Crippen LogP contribution in [-0.2, 0) is 4.79 Å². The fourth-order valence-corrected chi connectivity index (χ4v) is 3.36. The van der Waals surface area contributed by atoms with Crippen LogP contribution in [0.15, 0.2) is 18.2 Å². The number of carbonyl (C=O) groups is 1. The molecule has 2 rings (SSSR count). The summed E-state index contributed by atoms with van der Waals surface area (Å²) in [4.78, 5) is 11.7. The highest BCUT2D eigenvalue weighted by Crippen LogP contribution is 2.27.